The summed E-state index contributed by atoms with van der Waals surface area (Å²) in [6, 6.07) is 12.0. The quantitative estimate of drug-likeness (QED) is 0.300. The van der Waals surface area contributed by atoms with E-state index >= 15 is 0 Å². The number of hydrogen-bond acceptors (Lipinski definition) is 4. The van der Waals surface area contributed by atoms with Crippen LogP contribution in [0.15, 0.2) is 47.5 Å². The van der Waals surface area contributed by atoms with Gasteiger partial charge in [-0.3, -0.25) is 9.79 Å². The molecule has 0 spiro atoms. The van der Waals surface area contributed by atoms with E-state index in [1.165, 1.54) is 18.1 Å². The highest BCUT2D eigenvalue weighted by molar-refractivity contribution is 14.0. The lowest BCUT2D eigenvalue weighted by atomic mass is 10.1. The molecule has 170 valence electrons. The highest BCUT2D eigenvalue weighted by atomic mass is 127. The van der Waals surface area contributed by atoms with Gasteiger partial charge in [0.15, 0.2) is 5.96 Å². The molecule has 2 aromatic rings. The molecule has 0 aliphatic carbocycles. The molecule has 0 radical (unpaired) electrons. The summed E-state index contributed by atoms with van der Waals surface area (Å²) in [6.45, 7) is -2.24. The number of aliphatic imine (C=N–C) groups is 1. The summed E-state index contributed by atoms with van der Waals surface area (Å²) >= 11 is 0. The number of ether oxygens (including phenoxy) is 2. The van der Waals surface area contributed by atoms with Crippen molar-refractivity contribution in [3.63, 3.8) is 0 Å². The second kappa shape index (κ2) is 12.9. The molecule has 2 aromatic carbocycles. The van der Waals surface area contributed by atoms with Gasteiger partial charge in [0.05, 0.1) is 7.11 Å². The molecule has 0 saturated carbocycles. The number of nitrogens with zero attached hydrogens (tertiary/aromatic N) is 2. The molecule has 31 heavy (non-hydrogen) atoms. The highest BCUT2D eigenvalue weighted by Crippen LogP contribution is 2.26. The maximum absolute atomic E-state index is 12.7. The lowest BCUT2D eigenvalue weighted by Crippen LogP contribution is -2.36. The number of carbonyl (C=O) groups excluding carboxylic acids is 1. The minimum Gasteiger partial charge on any atom is -0.497 e. The van der Waals surface area contributed by atoms with Gasteiger partial charge < -0.3 is 25.0 Å². The van der Waals surface area contributed by atoms with E-state index in [2.05, 4.69) is 20.4 Å². The molecule has 10 heteroatoms. The number of alkyl halides is 2. The van der Waals surface area contributed by atoms with Crippen LogP contribution in [0.5, 0.6) is 11.5 Å². The average Bonchev–Trinajstić information content (AvgIpc) is 2.74. The highest BCUT2D eigenvalue weighted by Gasteiger charge is 2.12. The fraction of sp³-hybridized carbons (Fsp3) is 0.333. The molecule has 2 N–H and O–H groups in total. The summed E-state index contributed by atoms with van der Waals surface area (Å²) in [5.74, 6) is 0.886. The first-order valence-electron chi connectivity index (χ1n) is 9.21. The second-order valence-corrected chi connectivity index (χ2v) is 6.53. The minimum atomic E-state index is -2.93. The lowest BCUT2D eigenvalue weighted by molar-refractivity contribution is -0.0505. The second-order valence-electron chi connectivity index (χ2n) is 6.53. The van der Waals surface area contributed by atoms with Crippen molar-refractivity contribution in [2.45, 2.75) is 19.7 Å². The van der Waals surface area contributed by atoms with Crippen LogP contribution in [0, 0.1) is 0 Å². The molecule has 2 rings (SSSR count). The molecule has 0 aliphatic heterocycles. The number of carbonyl (C=O) groups is 1. The Hall–Kier alpha value is -2.63. The third kappa shape index (κ3) is 8.19. The Kier molecular flexibility index (Phi) is 11.0. The van der Waals surface area contributed by atoms with Crippen LogP contribution in [0.25, 0.3) is 0 Å². The Morgan fingerprint density at radius 3 is 2.29 bits per heavy atom. The van der Waals surface area contributed by atoms with Crippen LogP contribution in [0.3, 0.4) is 0 Å². The fourth-order valence-electron chi connectivity index (χ4n) is 2.62. The molecule has 0 aliphatic rings. The van der Waals surface area contributed by atoms with Gasteiger partial charge in [-0.25, -0.2) is 0 Å². The number of rotatable bonds is 8. The Balaban J connectivity index is 0.00000480. The van der Waals surface area contributed by atoms with Crippen LogP contribution in [0.1, 0.15) is 21.5 Å². The van der Waals surface area contributed by atoms with Gasteiger partial charge in [-0.1, -0.05) is 12.1 Å². The lowest BCUT2D eigenvalue weighted by Gasteiger charge is -2.15. The summed E-state index contributed by atoms with van der Waals surface area (Å²) in [4.78, 5) is 17.6. The zero-order valence-corrected chi connectivity index (χ0v) is 20.1. The maximum atomic E-state index is 12.7. The molecule has 0 unspecified atom stereocenters. The number of methoxy groups -OCH3 is 1. The van der Waals surface area contributed by atoms with Gasteiger partial charge in [-0.2, -0.15) is 8.78 Å². The Morgan fingerprint density at radius 1 is 1.10 bits per heavy atom. The number of guanidine groups is 1. The molecule has 1 amide bonds. The third-order valence-corrected chi connectivity index (χ3v) is 4.23. The van der Waals surface area contributed by atoms with Crippen LogP contribution in [0.2, 0.25) is 0 Å². The van der Waals surface area contributed by atoms with Crippen molar-refractivity contribution in [2.24, 2.45) is 4.99 Å². The Morgan fingerprint density at radius 2 is 1.74 bits per heavy atom. The van der Waals surface area contributed by atoms with Gasteiger partial charge in [0.1, 0.15) is 11.5 Å². The fourth-order valence-corrected chi connectivity index (χ4v) is 2.62. The topological polar surface area (TPSA) is 75.2 Å². The average molecular weight is 548 g/mol. The molecular weight excluding hydrogens is 521 g/mol. The summed E-state index contributed by atoms with van der Waals surface area (Å²) in [7, 11) is 6.47. The van der Waals surface area contributed by atoms with E-state index < -0.39 is 6.61 Å². The molecule has 0 saturated heterocycles. The van der Waals surface area contributed by atoms with Gasteiger partial charge in [0, 0.05) is 51.4 Å². The van der Waals surface area contributed by atoms with Crippen LogP contribution in [-0.4, -0.2) is 51.6 Å². The van der Waals surface area contributed by atoms with E-state index in [-0.39, 0.29) is 42.2 Å². The monoisotopic (exact) mass is 548 g/mol. The summed E-state index contributed by atoms with van der Waals surface area (Å²) < 4.78 is 35.0. The summed E-state index contributed by atoms with van der Waals surface area (Å²) in [5, 5.41) is 6.20. The van der Waals surface area contributed by atoms with Crippen LogP contribution in [0.4, 0.5) is 8.78 Å². The molecule has 0 heterocycles. The van der Waals surface area contributed by atoms with Crippen molar-refractivity contribution in [1.82, 2.24) is 15.5 Å². The Bertz CT molecular complexity index is 877. The predicted molar refractivity (Wildman–Crippen MR) is 127 cm³/mol. The number of amides is 1. The van der Waals surface area contributed by atoms with Gasteiger partial charge in [-0.05, 0) is 29.8 Å². The van der Waals surface area contributed by atoms with Gasteiger partial charge >= 0.3 is 6.61 Å². The smallest absolute Gasteiger partial charge is 0.387 e. The first-order chi connectivity index (χ1) is 14.3. The molecule has 0 bridgehead atoms. The van der Waals surface area contributed by atoms with Crippen LogP contribution < -0.4 is 20.1 Å². The molecule has 7 nitrogen and oxygen atoms in total. The summed E-state index contributed by atoms with van der Waals surface area (Å²) in [6.07, 6.45) is 0. The number of halogens is 3. The third-order valence-electron chi connectivity index (χ3n) is 4.23. The normalized spacial score (nSPS) is 10.9. The zero-order chi connectivity index (χ0) is 22.1. The minimum absolute atomic E-state index is 0. The maximum Gasteiger partial charge on any atom is 0.387 e. The SMILES string of the molecule is CN=C(NCc1ccc(C(=O)N(C)C)cc1)NCc1ccc(OC)cc1OC(F)F.I. The first kappa shape index (κ1) is 26.4. The molecule has 0 fully saturated rings. The van der Waals surface area contributed by atoms with Crippen molar-refractivity contribution in [3.8, 4) is 11.5 Å². The van der Waals surface area contributed by atoms with E-state index in [1.807, 2.05) is 12.1 Å². The van der Waals surface area contributed by atoms with Crippen LogP contribution in [-0.2, 0) is 13.1 Å². The zero-order valence-electron chi connectivity index (χ0n) is 17.8. The molecule has 0 atom stereocenters. The van der Waals surface area contributed by atoms with Gasteiger partial charge in [0.25, 0.3) is 5.91 Å². The van der Waals surface area contributed by atoms with Crippen molar-refractivity contribution in [3.05, 3.63) is 59.2 Å². The van der Waals surface area contributed by atoms with E-state index in [0.29, 0.717) is 29.4 Å². The van der Waals surface area contributed by atoms with E-state index in [1.54, 1.807) is 45.4 Å². The largest absolute Gasteiger partial charge is 0.497 e. The predicted octanol–water partition coefficient (Wildman–Crippen LogP) is 3.48. The first-order valence-corrected chi connectivity index (χ1v) is 9.21. The van der Waals surface area contributed by atoms with Gasteiger partial charge in [-0.15, -0.1) is 24.0 Å². The van der Waals surface area contributed by atoms with E-state index in [9.17, 15) is 13.6 Å². The van der Waals surface area contributed by atoms with Crippen molar-refractivity contribution >= 4 is 35.8 Å². The Labute approximate surface area is 197 Å². The number of hydrogen-bond donors (Lipinski definition) is 2. The standard InChI is InChI=1S/C21H26F2N4O3.HI/c1-24-21(25-12-14-5-7-15(8-6-14)19(28)27(2)3)26-13-16-9-10-17(29-4)11-18(16)30-20(22)23;/h5-11,20H,12-13H2,1-4H3,(H2,24,25,26);1H. The van der Waals surface area contributed by atoms with Gasteiger partial charge in [0.2, 0.25) is 0 Å². The van der Waals surface area contributed by atoms with E-state index in [4.69, 9.17) is 4.74 Å². The molecule has 0 aromatic heterocycles. The van der Waals surface area contributed by atoms with E-state index in [0.717, 1.165) is 5.56 Å². The van der Waals surface area contributed by atoms with Crippen molar-refractivity contribution < 1.29 is 23.0 Å². The van der Waals surface area contributed by atoms with Crippen molar-refractivity contribution in [1.29, 1.82) is 0 Å². The van der Waals surface area contributed by atoms with Crippen LogP contribution >= 0.6 is 24.0 Å². The summed E-state index contributed by atoms with van der Waals surface area (Å²) in [5.41, 5.74) is 2.10. The molecular formula is C21H27F2IN4O3. The van der Waals surface area contributed by atoms with Crippen molar-refractivity contribution in [2.75, 3.05) is 28.3 Å². The number of benzene rings is 2. The number of nitrogens with one attached hydrogen (secondary N) is 2.